The predicted octanol–water partition coefficient (Wildman–Crippen LogP) is -0.539. The van der Waals surface area contributed by atoms with Crippen LogP contribution in [0.4, 0.5) is 0 Å². The fraction of sp³-hybridized carbons (Fsp3) is 1.00. The molecule has 0 spiro atoms. The highest BCUT2D eigenvalue weighted by atomic mass is 16.3. The van der Waals surface area contributed by atoms with E-state index in [1.54, 1.807) is 0 Å². The Balaban J connectivity index is 1.67. The molecular formula is C8H16N2O. The number of rotatable bonds is 3. The van der Waals surface area contributed by atoms with Gasteiger partial charge in [-0.25, -0.2) is 0 Å². The fourth-order valence-electron chi connectivity index (χ4n) is 1.54. The Morgan fingerprint density at radius 2 is 2.18 bits per heavy atom. The summed E-state index contributed by atoms with van der Waals surface area (Å²) in [4.78, 5) is 0. The van der Waals surface area contributed by atoms with E-state index >= 15 is 0 Å². The summed E-state index contributed by atoms with van der Waals surface area (Å²) in [5, 5.41) is 16.1. The van der Waals surface area contributed by atoms with Gasteiger partial charge in [0.25, 0.3) is 0 Å². The molecule has 2 atom stereocenters. The van der Waals surface area contributed by atoms with Crippen molar-refractivity contribution < 1.29 is 5.11 Å². The first-order chi connectivity index (χ1) is 5.36. The maximum Gasteiger partial charge on any atom is 0.0717 e. The van der Waals surface area contributed by atoms with Crippen molar-refractivity contribution in [1.29, 1.82) is 0 Å². The van der Waals surface area contributed by atoms with Gasteiger partial charge in [-0.3, -0.25) is 0 Å². The average Bonchev–Trinajstić information content (AvgIpc) is 2.73. The first-order valence-electron chi connectivity index (χ1n) is 4.51. The number of hydrogen-bond acceptors (Lipinski definition) is 3. The lowest BCUT2D eigenvalue weighted by Crippen LogP contribution is -2.40. The van der Waals surface area contributed by atoms with Crippen LogP contribution in [-0.4, -0.2) is 36.4 Å². The van der Waals surface area contributed by atoms with Crippen LogP contribution < -0.4 is 10.6 Å². The second-order valence-electron chi connectivity index (χ2n) is 3.60. The molecule has 1 saturated heterocycles. The van der Waals surface area contributed by atoms with Gasteiger partial charge < -0.3 is 15.7 Å². The van der Waals surface area contributed by atoms with Crippen molar-refractivity contribution in [3.05, 3.63) is 0 Å². The van der Waals surface area contributed by atoms with Crippen LogP contribution in [0.5, 0.6) is 0 Å². The Kier molecular flexibility index (Phi) is 2.11. The minimum Gasteiger partial charge on any atom is -0.391 e. The lowest BCUT2D eigenvalue weighted by molar-refractivity contribution is 0.158. The van der Waals surface area contributed by atoms with E-state index in [1.165, 1.54) is 12.8 Å². The second-order valence-corrected chi connectivity index (χ2v) is 3.60. The van der Waals surface area contributed by atoms with E-state index in [0.29, 0.717) is 6.04 Å². The zero-order valence-corrected chi connectivity index (χ0v) is 6.71. The Morgan fingerprint density at radius 3 is 2.73 bits per heavy atom. The molecule has 0 radical (unpaired) electrons. The summed E-state index contributed by atoms with van der Waals surface area (Å²) in [6, 6.07) is 1.06. The summed E-state index contributed by atoms with van der Waals surface area (Å²) in [6.07, 6.45) is 3.43. The molecule has 2 aliphatic rings. The fourth-order valence-corrected chi connectivity index (χ4v) is 1.54. The van der Waals surface area contributed by atoms with Gasteiger partial charge in [0.15, 0.2) is 0 Å². The van der Waals surface area contributed by atoms with Crippen molar-refractivity contribution >= 4 is 0 Å². The third-order valence-corrected chi connectivity index (χ3v) is 2.51. The average molecular weight is 156 g/mol. The molecular weight excluding hydrogens is 140 g/mol. The van der Waals surface area contributed by atoms with Crippen molar-refractivity contribution in [2.75, 3.05) is 13.1 Å². The maximum absolute atomic E-state index is 9.42. The minimum absolute atomic E-state index is 0.124. The third-order valence-electron chi connectivity index (χ3n) is 2.51. The SMILES string of the molecule is OC1CCNC1CNC1CC1. The Bertz CT molecular complexity index is 136. The van der Waals surface area contributed by atoms with Crippen LogP contribution in [0.2, 0.25) is 0 Å². The standard InChI is InChI=1S/C8H16N2O/c11-8-3-4-9-7(8)5-10-6-1-2-6/h6-11H,1-5H2. The maximum atomic E-state index is 9.42. The highest BCUT2D eigenvalue weighted by molar-refractivity contribution is 4.89. The molecule has 1 aliphatic heterocycles. The number of aliphatic hydroxyl groups is 1. The summed E-state index contributed by atoms with van der Waals surface area (Å²) in [7, 11) is 0. The van der Waals surface area contributed by atoms with Crippen LogP contribution in [0, 0.1) is 0 Å². The van der Waals surface area contributed by atoms with Gasteiger partial charge in [0.2, 0.25) is 0 Å². The number of hydrogen-bond donors (Lipinski definition) is 3. The minimum atomic E-state index is -0.124. The van der Waals surface area contributed by atoms with Crippen molar-refractivity contribution in [2.45, 2.75) is 37.5 Å². The number of nitrogens with one attached hydrogen (secondary N) is 2. The largest absolute Gasteiger partial charge is 0.391 e. The Hall–Kier alpha value is -0.120. The lowest BCUT2D eigenvalue weighted by Gasteiger charge is -2.14. The van der Waals surface area contributed by atoms with Gasteiger partial charge in [-0.1, -0.05) is 0 Å². The molecule has 2 fully saturated rings. The zero-order chi connectivity index (χ0) is 7.68. The molecule has 3 heteroatoms. The van der Waals surface area contributed by atoms with E-state index < -0.39 is 0 Å². The van der Waals surface area contributed by atoms with Gasteiger partial charge in [0.1, 0.15) is 0 Å². The van der Waals surface area contributed by atoms with Gasteiger partial charge in [-0.2, -0.15) is 0 Å². The van der Waals surface area contributed by atoms with Crippen LogP contribution >= 0.6 is 0 Å². The molecule has 0 amide bonds. The van der Waals surface area contributed by atoms with Gasteiger partial charge in [-0.15, -0.1) is 0 Å². The molecule has 0 aromatic heterocycles. The van der Waals surface area contributed by atoms with Crippen LogP contribution in [-0.2, 0) is 0 Å². The van der Waals surface area contributed by atoms with E-state index in [9.17, 15) is 5.11 Å². The molecule has 64 valence electrons. The van der Waals surface area contributed by atoms with Gasteiger partial charge >= 0.3 is 0 Å². The highest BCUT2D eigenvalue weighted by Gasteiger charge is 2.27. The zero-order valence-electron chi connectivity index (χ0n) is 6.71. The Morgan fingerprint density at radius 1 is 1.36 bits per heavy atom. The summed E-state index contributed by atoms with van der Waals surface area (Å²) in [5.41, 5.74) is 0. The quantitative estimate of drug-likeness (QED) is 0.514. The molecule has 3 nitrogen and oxygen atoms in total. The van der Waals surface area contributed by atoms with Crippen molar-refractivity contribution in [3.8, 4) is 0 Å². The van der Waals surface area contributed by atoms with Crippen LogP contribution in [0.15, 0.2) is 0 Å². The van der Waals surface area contributed by atoms with Crippen molar-refractivity contribution in [1.82, 2.24) is 10.6 Å². The molecule has 0 aromatic rings. The van der Waals surface area contributed by atoms with Gasteiger partial charge in [0, 0.05) is 18.6 Å². The topological polar surface area (TPSA) is 44.3 Å². The summed E-state index contributed by atoms with van der Waals surface area (Å²) < 4.78 is 0. The van der Waals surface area contributed by atoms with Gasteiger partial charge in [-0.05, 0) is 25.8 Å². The van der Waals surface area contributed by atoms with Crippen LogP contribution in [0.3, 0.4) is 0 Å². The monoisotopic (exact) mass is 156 g/mol. The molecule has 11 heavy (non-hydrogen) atoms. The summed E-state index contributed by atoms with van der Waals surface area (Å²) >= 11 is 0. The van der Waals surface area contributed by atoms with E-state index in [1.807, 2.05) is 0 Å². The summed E-state index contributed by atoms with van der Waals surface area (Å²) in [5.74, 6) is 0. The molecule has 1 aliphatic carbocycles. The van der Waals surface area contributed by atoms with E-state index in [0.717, 1.165) is 25.6 Å². The first kappa shape index (κ1) is 7.53. The first-order valence-corrected chi connectivity index (χ1v) is 4.51. The molecule has 0 bridgehead atoms. The highest BCUT2D eigenvalue weighted by Crippen LogP contribution is 2.18. The van der Waals surface area contributed by atoms with Crippen LogP contribution in [0.25, 0.3) is 0 Å². The van der Waals surface area contributed by atoms with Crippen molar-refractivity contribution in [2.24, 2.45) is 0 Å². The summed E-state index contributed by atoms with van der Waals surface area (Å²) in [6.45, 7) is 1.91. The third kappa shape index (κ3) is 1.92. The lowest BCUT2D eigenvalue weighted by atomic mass is 10.2. The van der Waals surface area contributed by atoms with E-state index in [-0.39, 0.29) is 6.10 Å². The molecule has 1 heterocycles. The molecule has 2 rings (SSSR count). The van der Waals surface area contributed by atoms with Gasteiger partial charge in [0.05, 0.1) is 6.10 Å². The second kappa shape index (κ2) is 3.09. The van der Waals surface area contributed by atoms with Crippen LogP contribution in [0.1, 0.15) is 19.3 Å². The van der Waals surface area contributed by atoms with E-state index in [2.05, 4.69) is 10.6 Å². The normalized spacial score (nSPS) is 37.9. The van der Waals surface area contributed by atoms with Crippen molar-refractivity contribution in [3.63, 3.8) is 0 Å². The smallest absolute Gasteiger partial charge is 0.0717 e. The molecule has 2 unspecified atom stereocenters. The molecule has 3 N–H and O–H groups in total. The Labute approximate surface area is 67.2 Å². The molecule has 0 aromatic carbocycles. The van der Waals surface area contributed by atoms with E-state index in [4.69, 9.17) is 0 Å². The predicted molar refractivity (Wildman–Crippen MR) is 43.4 cm³/mol. The molecule has 1 saturated carbocycles. The number of aliphatic hydroxyl groups excluding tert-OH is 1.